The number of hydrogen-bond acceptors (Lipinski definition) is 5. The van der Waals surface area contributed by atoms with Gasteiger partial charge in [0.15, 0.2) is 11.3 Å². The van der Waals surface area contributed by atoms with Crippen LogP contribution in [0.25, 0.3) is 0 Å². The van der Waals surface area contributed by atoms with Gasteiger partial charge in [0.05, 0.1) is 5.69 Å². The average molecular weight is 300 g/mol. The molecule has 0 radical (unpaired) electrons. The van der Waals surface area contributed by atoms with Crippen LogP contribution < -0.4 is 10.1 Å². The smallest absolute Gasteiger partial charge is 0.163 e. The third-order valence-electron chi connectivity index (χ3n) is 3.04. The van der Waals surface area contributed by atoms with E-state index in [4.69, 9.17) is 15.3 Å². The van der Waals surface area contributed by atoms with Crippen LogP contribution in [0.4, 0.5) is 5.69 Å². The fraction of sp³-hybridized carbons (Fsp3) is 0.0556. The van der Waals surface area contributed by atoms with E-state index in [-0.39, 0.29) is 11.3 Å². The Morgan fingerprint density at radius 2 is 1.61 bits per heavy atom. The quantitative estimate of drug-likeness (QED) is 0.861. The molecule has 0 aliphatic heterocycles. The van der Waals surface area contributed by atoms with Gasteiger partial charge in [0.25, 0.3) is 0 Å². The van der Waals surface area contributed by atoms with Crippen molar-refractivity contribution in [1.29, 1.82) is 15.8 Å². The van der Waals surface area contributed by atoms with Gasteiger partial charge < -0.3 is 10.1 Å². The number of hydrogen-bond donors (Lipinski definition) is 1. The number of nitrogens with zero attached hydrogens (tertiary/aromatic N) is 3. The standard InChI is InChI=1S/C18H12N4O/c1-13-6-5-9-17(23-15-7-3-2-4-8-15)18(13)22-16(12-21)14(10-19)11-20/h2-9,22H,1H3. The van der Waals surface area contributed by atoms with Gasteiger partial charge in [-0.2, -0.15) is 15.8 Å². The van der Waals surface area contributed by atoms with Gasteiger partial charge in [0.1, 0.15) is 29.7 Å². The van der Waals surface area contributed by atoms with E-state index < -0.39 is 0 Å². The van der Waals surface area contributed by atoms with Gasteiger partial charge in [-0.15, -0.1) is 0 Å². The fourth-order valence-corrected chi connectivity index (χ4v) is 1.91. The SMILES string of the molecule is Cc1cccc(Oc2ccccc2)c1NC(C#N)=C(C#N)C#N. The molecule has 0 fully saturated rings. The second-order valence-electron chi connectivity index (χ2n) is 4.57. The monoisotopic (exact) mass is 300 g/mol. The molecule has 110 valence electrons. The zero-order valence-electron chi connectivity index (χ0n) is 12.4. The summed E-state index contributed by atoms with van der Waals surface area (Å²) >= 11 is 0. The summed E-state index contributed by atoms with van der Waals surface area (Å²) in [6.07, 6.45) is 0. The normalized spacial score (nSPS) is 8.96. The van der Waals surface area contributed by atoms with Crippen molar-refractivity contribution in [1.82, 2.24) is 0 Å². The van der Waals surface area contributed by atoms with Gasteiger partial charge in [-0.25, -0.2) is 0 Å². The zero-order valence-corrected chi connectivity index (χ0v) is 12.4. The van der Waals surface area contributed by atoms with Crippen molar-refractivity contribution in [3.8, 4) is 29.7 Å². The summed E-state index contributed by atoms with van der Waals surface area (Å²) in [6.45, 7) is 1.84. The van der Waals surface area contributed by atoms with Crippen LogP contribution in [0.3, 0.4) is 0 Å². The van der Waals surface area contributed by atoms with Crippen LogP contribution in [0, 0.1) is 40.9 Å². The molecule has 0 atom stereocenters. The van der Waals surface area contributed by atoms with E-state index in [0.29, 0.717) is 17.2 Å². The van der Waals surface area contributed by atoms with E-state index in [9.17, 15) is 5.26 Å². The topological polar surface area (TPSA) is 92.6 Å². The molecule has 0 aliphatic carbocycles. The molecule has 0 aromatic heterocycles. The number of nitrogens with one attached hydrogen (secondary N) is 1. The van der Waals surface area contributed by atoms with Gasteiger partial charge >= 0.3 is 0 Å². The Bertz CT molecular complexity index is 849. The van der Waals surface area contributed by atoms with Crippen LogP contribution in [-0.4, -0.2) is 0 Å². The largest absolute Gasteiger partial charge is 0.455 e. The molecule has 0 unspecified atom stereocenters. The van der Waals surface area contributed by atoms with Crippen LogP contribution in [0.1, 0.15) is 5.56 Å². The lowest BCUT2D eigenvalue weighted by Crippen LogP contribution is -2.04. The van der Waals surface area contributed by atoms with Gasteiger partial charge in [-0.1, -0.05) is 30.3 Å². The Hall–Kier alpha value is -3.75. The third-order valence-corrected chi connectivity index (χ3v) is 3.04. The number of para-hydroxylation sites is 2. The predicted molar refractivity (Wildman–Crippen MR) is 85.2 cm³/mol. The Balaban J connectivity index is 2.44. The first kappa shape index (κ1) is 15.6. The van der Waals surface area contributed by atoms with Crippen molar-refractivity contribution >= 4 is 5.69 Å². The number of ether oxygens (including phenoxy) is 1. The van der Waals surface area contributed by atoms with E-state index in [1.54, 1.807) is 18.2 Å². The van der Waals surface area contributed by atoms with Crippen LogP contribution in [-0.2, 0) is 0 Å². The van der Waals surface area contributed by atoms with Crippen molar-refractivity contribution in [2.24, 2.45) is 0 Å². The summed E-state index contributed by atoms with van der Waals surface area (Å²) in [6, 6.07) is 19.9. The van der Waals surface area contributed by atoms with Crippen molar-refractivity contribution in [3.05, 3.63) is 65.4 Å². The number of allylic oxidation sites excluding steroid dienone is 2. The molecule has 0 amide bonds. The first-order valence-corrected chi connectivity index (χ1v) is 6.73. The van der Waals surface area contributed by atoms with Crippen molar-refractivity contribution < 1.29 is 4.74 Å². The first-order chi connectivity index (χ1) is 11.2. The lowest BCUT2D eigenvalue weighted by atomic mass is 10.1. The minimum absolute atomic E-state index is 0.109. The fourth-order valence-electron chi connectivity index (χ4n) is 1.91. The first-order valence-electron chi connectivity index (χ1n) is 6.73. The molecule has 0 saturated heterocycles. The molecular weight excluding hydrogens is 288 g/mol. The van der Waals surface area contributed by atoms with Crippen LogP contribution in [0.2, 0.25) is 0 Å². The molecule has 0 spiro atoms. The Labute approximate surface area is 134 Å². The summed E-state index contributed by atoms with van der Waals surface area (Å²) in [5.41, 5.74) is 0.973. The molecule has 1 N–H and O–H groups in total. The Kier molecular flexibility index (Phi) is 4.97. The highest BCUT2D eigenvalue weighted by Crippen LogP contribution is 2.33. The maximum Gasteiger partial charge on any atom is 0.163 e. The minimum atomic E-state index is -0.276. The van der Waals surface area contributed by atoms with E-state index >= 15 is 0 Å². The summed E-state index contributed by atoms with van der Waals surface area (Å²) in [5.74, 6) is 1.14. The predicted octanol–water partition coefficient (Wildman–Crippen LogP) is 4.02. The maximum absolute atomic E-state index is 9.18. The molecule has 23 heavy (non-hydrogen) atoms. The summed E-state index contributed by atoms with van der Waals surface area (Å²) in [4.78, 5) is 0. The van der Waals surface area contributed by atoms with Crippen molar-refractivity contribution in [2.45, 2.75) is 6.92 Å². The summed E-state index contributed by atoms with van der Waals surface area (Å²) in [7, 11) is 0. The highest BCUT2D eigenvalue weighted by Gasteiger charge is 2.12. The molecule has 0 saturated carbocycles. The van der Waals surface area contributed by atoms with Gasteiger partial charge in [0, 0.05) is 0 Å². The minimum Gasteiger partial charge on any atom is -0.455 e. The molecule has 0 heterocycles. The van der Waals surface area contributed by atoms with Gasteiger partial charge in [0.2, 0.25) is 0 Å². The Morgan fingerprint density at radius 1 is 0.913 bits per heavy atom. The van der Waals surface area contributed by atoms with Crippen molar-refractivity contribution in [2.75, 3.05) is 5.32 Å². The molecular formula is C18H12N4O. The van der Waals surface area contributed by atoms with Crippen LogP contribution in [0.15, 0.2) is 59.8 Å². The number of nitriles is 3. The number of aryl methyl sites for hydroxylation is 1. The second-order valence-corrected chi connectivity index (χ2v) is 4.57. The molecule has 2 aromatic rings. The molecule has 2 rings (SSSR count). The van der Waals surface area contributed by atoms with Crippen LogP contribution in [0.5, 0.6) is 11.5 Å². The molecule has 0 bridgehead atoms. The highest BCUT2D eigenvalue weighted by molar-refractivity contribution is 5.68. The van der Waals surface area contributed by atoms with E-state index in [2.05, 4.69) is 5.32 Å². The molecule has 5 nitrogen and oxygen atoms in total. The maximum atomic E-state index is 9.18. The number of anilines is 1. The molecule has 0 aliphatic rings. The molecule has 2 aromatic carbocycles. The zero-order chi connectivity index (χ0) is 16.7. The third kappa shape index (κ3) is 3.67. The average Bonchev–Trinajstić information content (AvgIpc) is 2.58. The lowest BCUT2D eigenvalue weighted by Gasteiger charge is -2.14. The van der Waals surface area contributed by atoms with Crippen LogP contribution >= 0.6 is 0 Å². The van der Waals surface area contributed by atoms with E-state index in [0.717, 1.165) is 5.56 Å². The summed E-state index contributed by atoms with van der Waals surface area (Å²) in [5, 5.41) is 29.9. The molecule has 5 heteroatoms. The highest BCUT2D eigenvalue weighted by atomic mass is 16.5. The second kappa shape index (κ2) is 7.31. The Morgan fingerprint density at radius 3 is 2.22 bits per heavy atom. The van der Waals surface area contributed by atoms with E-state index in [1.807, 2.05) is 55.5 Å². The van der Waals surface area contributed by atoms with Gasteiger partial charge in [-0.3, -0.25) is 0 Å². The summed E-state index contributed by atoms with van der Waals surface area (Å²) < 4.78 is 5.82. The lowest BCUT2D eigenvalue weighted by molar-refractivity contribution is 0.484. The van der Waals surface area contributed by atoms with E-state index in [1.165, 1.54) is 0 Å². The van der Waals surface area contributed by atoms with Gasteiger partial charge in [-0.05, 0) is 30.7 Å². The van der Waals surface area contributed by atoms with Crippen molar-refractivity contribution in [3.63, 3.8) is 0 Å². The number of benzene rings is 2. The number of rotatable bonds is 4.